The summed E-state index contributed by atoms with van der Waals surface area (Å²) in [5.41, 5.74) is 0.655. The molecule has 26 heavy (non-hydrogen) atoms. The van der Waals surface area contributed by atoms with Crippen molar-refractivity contribution in [3.05, 3.63) is 41.8 Å². The van der Waals surface area contributed by atoms with Crippen LogP contribution >= 0.6 is 0 Å². The van der Waals surface area contributed by atoms with Gasteiger partial charge >= 0.3 is 0 Å². The van der Waals surface area contributed by atoms with Crippen molar-refractivity contribution in [3.63, 3.8) is 0 Å². The van der Waals surface area contributed by atoms with Crippen molar-refractivity contribution in [2.45, 2.75) is 31.8 Å². The van der Waals surface area contributed by atoms with Crippen molar-refractivity contribution >= 4 is 17.0 Å². The fourth-order valence-corrected chi connectivity index (χ4v) is 3.59. The van der Waals surface area contributed by atoms with E-state index >= 15 is 0 Å². The quantitative estimate of drug-likeness (QED) is 0.764. The van der Waals surface area contributed by atoms with Gasteiger partial charge in [0.15, 0.2) is 11.5 Å². The fourth-order valence-electron chi connectivity index (χ4n) is 3.59. The van der Waals surface area contributed by atoms with Gasteiger partial charge < -0.3 is 19.0 Å². The number of carbonyl (C=O) groups is 1. The third-order valence-electron chi connectivity index (χ3n) is 4.89. The second kappa shape index (κ2) is 6.21. The van der Waals surface area contributed by atoms with Crippen molar-refractivity contribution in [1.82, 2.24) is 24.6 Å². The van der Waals surface area contributed by atoms with Gasteiger partial charge in [0, 0.05) is 26.9 Å². The number of likely N-dealkylation sites (tertiary alicyclic amines) is 1. The lowest BCUT2D eigenvalue weighted by molar-refractivity contribution is -0.0257. The van der Waals surface area contributed by atoms with Crippen molar-refractivity contribution in [3.8, 4) is 0 Å². The average Bonchev–Trinajstić information content (AvgIpc) is 3.18. The van der Waals surface area contributed by atoms with E-state index in [1.807, 2.05) is 7.05 Å². The number of carbonyl (C=O) groups excluding carboxylic acids is 1. The maximum Gasteiger partial charge on any atom is 0.256 e. The Morgan fingerprint density at radius 3 is 3.04 bits per heavy atom. The largest absolute Gasteiger partial charge is 0.441 e. The summed E-state index contributed by atoms with van der Waals surface area (Å²) in [6.45, 7) is 2.62. The number of benzene rings is 1. The van der Waals surface area contributed by atoms with E-state index in [-0.39, 0.29) is 12.5 Å². The Labute approximate surface area is 150 Å². The van der Waals surface area contributed by atoms with Gasteiger partial charge in [-0.05, 0) is 25.0 Å². The average molecular weight is 355 g/mol. The van der Waals surface area contributed by atoms with E-state index in [9.17, 15) is 9.90 Å². The van der Waals surface area contributed by atoms with Crippen LogP contribution in [-0.4, -0.2) is 54.4 Å². The van der Waals surface area contributed by atoms with Crippen LogP contribution in [0.2, 0.25) is 0 Å². The Kier molecular flexibility index (Phi) is 3.99. The minimum atomic E-state index is -1.01. The Balaban J connectivity index is 1.59. The van der Waals surface area contributed by atoms with Crippen LogP contribution in [0.5, 0.6) is 0 Å². The number of β-amino-alcohol motifs (C(OH)–C–C–N with tert-alkyl or cyclic N) is 1. The number of hydrogen-bond donors (Lipinski definition) is 1. The normalized spacial score (nSPS) is 20.7. The second-order valence-corrected chi connectivity index (χ2v) is 6.97. The van der Waals surface area contributed by atoms with Crippen LogP contribution in [0.4, 0.5) is 0 Å². The minimum absolute atomic E-state index is 0.139. The van der Waals surface area contributed by atoms with Gasteiger partial charge in [-0.15, -0.1) is 10.2 Å². The number of fused-ring (bicyclic) bond motifs is 1. The summed E-state index contributed by atoms with van der Waals surface area (Å²) in [6.07, 6.45) is 3.32. The fraction of sp³-hybridized carbons (Fsp3) is 0.444. The number of piperidine rings is 1. The van der Waals surface area contributed by atoms with Crippen molar-refractivity contribution < 1.29 is 14.3 Å². The highest BCUT2D eigenvalue weighted by molar-refractivity contribution is 6.04. The summed E-state index contributed by atoms with van der Waals surface area (Å²) in [5, 5.41) is 19.0. The summed E-state index contributed by atoms with van der Waals surface area (Å²) in [6, 6.07) is 5.34. The lowest BCUT2D eigenvalue weighted by Crippen LogP contribution is -2.51. The third-order valence-corrected chi connectivity index (χ3v) is 4.89. The predicted molar refractivity (Wildman–Crippen MR) is 93.5 cm³/mol. The number of aryl methyl sites for hydroxylation is 2. The van der Waals surface area contributed by atoms with Gasteiger partial charge in [-0.25, -0.2) is 4.98 Å². The number of rotatable bonds is 3. The van der Waals surface area contributed by atoms with Crippen LogP contribution in [0.25, 0.3) is 11.1 Å². The molecule has 1 aliphatic rings. The topological polar surface area (TPSA) is 97.3 Å². The molecule has 8 nitrogen and oxygen atoms in total. The van der Waals surface area contributed by atoms with Gasteiger partial charge in [0.05, 0.1) is 17.7 Å². The number of hydrogen-bond acceptors (Lipinski definition) is 6. The molecule has 0 spiro atoms. The van der Waals surface area contributed by atoms with Crippen LogP contribution in [0.1, 0.15) is 34.9 Å². The molecule has 1 saturated heterocycles. The first kappa shape index (κ1) is 16.7. The molecule has 8 heteroatoms. The molecule has 1 N–H and O–H groups in total. The molecule has 1 aliphatic heterocycles. The number of nitrogens with zero attached hydrogens (tertiary/aromatic N) is 5. The Hall–Kier alpha value is -2.74. The molecule has 0 saturated carbocycles. The SMILES string of the molecule is Cc1nc2c(C(=O)N3CCCC(O)(Cc4nncn4C)C3)cccc2o1. The van der Waals surface area contributed by atoms with Crippen molar-refractivity contribution in [1.29, 1.82) is 0 Å². The number of aliphatic hydroxyl groups is 1. The molecule has 2 aromatic heterocycles. The lowest BCUT2D eigenvalue weighted by atomic mass is 9.89. The molecule has 1 atom stereocenters. The van der Waals surface area contributed by atoms with E-state index in [1.165, 1.54) is 0 Å². The zero-order valence-corrected chi connectivity index (χ0v) is 14.8. The van der Waals surface area contributed by atoms with E-state index in [0.29, 0.717) is 47.8 Å². The van der Waals surface area contributed by atoms with Crippen molar-refractivity contribution in [2.75, 3.05) is 13.1 Å². The molecular formula is C18H21N5O3. The maximum absolute atomic E-state index is 13.1. The molecular weight excluding hydrogens is 334 g/mol. The maximum atomic E-state index is 13.1. The van der Waals surface area contributed by atoms with Gasteiger partial charge in [-0.2, -0.15) is 0 Å². The first-order valence-corrected chi connectivity index (χ1v) is 8.66. The molecule has 0 bridgehead atoms. The summed E-state index contributed by atoms with van der Waals surface area (Å²) >= 11 is 0. The minimum Gasteiger partial charge on any atom is -0.441 e. The summed E-state index contributed by atoms with van der Waals surface area (Å²) < 4.78 is 7.31. The molecule has 3 aromatic rings. The van der Waals surface area contributed by atoms with Gasteiger partial charge in [-0.1, -0.05) is 6.07 Å². The smallest absolute Gasteiger partial charge is 0.256 e. The van der Waals surface area contributed by atoms with Crippen LogP contribution < -0.4 is 0 Å². The van der Waals surface area contributed by atoms with Gasteiger partial charge in [0.25, 0.3) is 5.91 Å². The molecule has 3 heterocycles. The Morgan fingerprint density at radius 2 is 2.27 bits per heavy atom. The van der Waals surface area contributed by atoms with E-state index in [2.05, 4.69) is 15.2 Å². The number of aromatic nitrogens is 4. The molecule has 136 valence electrons. The molecule has 4 rings (SSSR count). The highest BCUT2D eigenvalue weighted by atomic mass is 16.3. The van der Waals surface area contributed by atoms with Gasteiger partial charge in [0.2, 0.25) is 0 Å². The third kappa shape index (κ3) is 2.96. The number of oxazole rings is 1. The summed E-state index contributed by atoms with van der Waals surface area (Å²) in [5.74, 6) is 1.09. The zero-order chi connectivity index (χ0) is 18.3. The van der Waals surface area contributed by atoms with E-state index in [1.54, 1.807) is 40.9 Å². The van der Waals surface area contributed by atoms with Gasteiger partial charge in [0.1, 0.15) is 17.7 Å². The highest BCUT2D eigenvalue weighted by Crippen LogP contribution is 2.27. The standard InChI is InChI=1S/C18H21N5O3/c1-12-20-16-13(5-3-6-14(16)26-12)17(24)23-8-4-7-18(25,10-23)9-15-21-19-11-22(15)2/h3,5-6,11,25H,4,7-10H2,1-2H3. The second-order valence-electron chi connectivity index (χ2n) is 6.97. The Bertz CT molecular complexity index is 963. The summed E-state index contributed by atoms with van der Waals surface area (Å²) in [4.78, 5) is 19.1. The van der Waals surface area contributed by atoms with Crippen LogP contribution in [0.3, 0.4) is 0 Å². The Morgan fingerprint density at radius 1 is 1.42 bits per heavy atom. The zero-order valence-electron chi connectivity index (χ0n) is 14.8. The van der Waals surface area contributed by atoms with Crippen LogP contribution in [0.15, 0.2) is 28.9 Å². The first-order valence-electron chi connectivity index (χ1n) is 8.66. The van der Waals surface area contributed by atoms with Crippen LogP contribution in [-0.2, 0) is 13.5 Å². The van der Waals surface area contributed by atoms with E-state index in [4.69, 9.17) is 4.42 Å². The van der Waals surface area contributed by atoms with E-state index in [0.717, 1.165) is 6.42 Å². The van der Waals surface area contributed by atoms with E-state index < -0.39 is 5.60 Å². The van der Waals surface area contributed by atoms with Gasteiger partial charge in [-0.3, -0.25) is 4.79 Å². The first-order chi connectivity index (χ1) is 12.5. The molecule has 0 aliphatic carbocycles. The number of para-hydroxylation sites is 1. The monoisotopic (exact) mass is 355 g/mol. The predicted octanol–water partition coefficient (Wildman–Crippen LogP) is 1.47. The lowest BCUT2D eigenvalue weighted by Gasteiger charge is -2.39. The van der Waals surface area contributed by atoms with Crippen LogP contribution in [0, 0.1) is 6.92 Å². The molecule has 1 aromatic carbocycles. The highest BCUT2D eigenvalue weighted by Gasteiger charge is 2.37. The molecule has 0 radical (unpaired) electrons. The summed E-state index contributed by atoms with van der Waals surface area (Å²) in [7, 11) is 1.85. The van der Waals surface area contributed by atoms with Crippen molar-refractivity contribution in [2.24, 2.45) is 7.05 Å². The molecule has 1 amide bonds. The molecule has 1 fully saturated rings. The number of amides is 1. The molecule has 1 unspecified atom stereocenters.